The molecule has 2 N–H and O–H groups in total. The van der Waals surface area contributed by atoms with Gasteiger partial charge in [0.2, 0.25) is 5.91 Å². The summed E-state index contributed by atoms with van der Waals surface area (Å²) < 4.78 is 0.757. The summed E-state index contributed by atoms with van der Waals surface area (Å²) in [6.07, 6.45) is 0. The van der Waals surface area contributed by atoms with E-state index in [-0.39, 0.29) is 5.91 Å². The van der Waals surface area contributed by atoms with Crippen LogP contribution in [0.3, 0.4) is 0 Å². The number of halogens is 1. The number of carbonyl (C=O) groups excluding carboxylic acids is 1. The van der Waals surface area contributed by atoms with E-state index >= 15 is 0 Å². The van der Waals surface area contributed by atoms with E-state index in [1.807, 2.05) is 18.2 Å². The van der Waals surface area contributed by atoms with Crippen molar-refractivity contribution >= 4 is 56.1 Å². The van der Waals surface area contributed by atoms with E-state index in [4.69, 9.17) is 11.6 Å². The zero-order valence-corrected chi connectivity index (χ0v) is 15.8. The van der Waals surface area contributed by atoms with Gasteiger partial charge >= 0.3 is 0 Å². The average Bonchev–Trinajstić information content (AvgIpc) is 3.01. The first-order chi connectivity index (χ1) is 12.1. The van der Waals surface area contributed by atoms with Gasteiger partial charge in [-0.2, -0.15) is 4.98 Å². The van der Waals surface area contributed by atoms with Crippen LogP contribution >= 0.6 is 34.7 Å². The Morgan fingerprint density at radius 2 is 2.00 bits per heavy atom. The van der Waals surface area contributed by atoms with E-state index < -0.39 is 0 Å². The van der Waals surface area contributed by atoms with Crippen LogP contribution in [-0.2, 0) is 10.5 Å². The molecule has 9 heteroatoms. The molecule has 0 spiro atoms. The molecule has 0 fully saturated rings. The molecule has 130 valence electrons. The van der Waals surface area contributed by atoms with Gasteiger partial charge in [-0.15, -0.1) is 0 Å². The number of thiazole rings is 1. The van der Waals surface area contributed by atoms with Gasteiger partial charge in [-0.3, -0.25) is 4.79 Å². The van der Waals surface area contributed by atoms with E-state index in [0.717, 1.165) is 10.5 Å². The predicted molar refractivity (Wildman–Crippen MR) is 103 cm³/mol. The third-order valence-electron chi connectivity index (χ3n) is 3.18. The lowest BCUT2D eigenvalue weighted by Crippen LogP contribution is -2.26. The molecule has 3 aromatic rings. The molecule has 0 aliphatic heterocycles. The smallest absolute Gasteiger partial charge is 0.216 e. The zero-order valence-electron chi connectivity index (χ0n) is 13.5. The van der Waals surface area contributed by atoms with Crippen LogP contribution in [0.1, 0.15) is 12.5 Å². The number of hydrogen-bond donors (Lipinski definition) is 2. The van der Waals surface area contributed by atoms with Gasteiger partial charge in [0.05, 0.1) is 0 Å². The summed E-state index contributed by atoms with van der Waals surface area (Å²) in [6.45, 7) is 2.60. The minimum absolute atomic E-state index is 0.0555. The Balaban J connectivity index is 1.67. The molecule has 0 saturated heterocycles. The van der Waals surface area contributed by atoms with Crippen LogP contribution in [-0.4, -0.2) is 33.9 Å². The van der Waals surface area contributed by atoms with E-state index in [1.54, 1.807) is 0 Å². The first-order valence-corrected chi connectivity index (χ1v) is 9.79. The highest BCUT2D eigenvalue weighted by atomic mass is 35.5. The third-order valence-corrected chi connectivity index (χ3v) is 5.49. The molecule has 3 rings (SSSR count). The third kappa shape index (κ3) is 5.04. The lowest BCUT2D eigenvalue weighted by atomic mass is 10.2. The molecule has 2 aromatic heterocycles. The highest BCUT2D eigenvalue weighted by molar-refractivity contribution is 7.98. The van der Waals surface area contributed by atoms with Crippen molar-refractivity contribution in [2.45, 2.75) is 17.8 Å². The monoisotopic (exact) mass is 393 g/mol. The molecule has 0 aliphatic carbocycles. The number of anilines is 1. The molecular weight excluding hydrogens is 378 g/mol. The second kappa shape index (κ2) is 8.46. The minimum Gasteiger partial charge on any atom is -0.360 e. The Bertz CT molecular complexity index is 872. The van der Waals surface area contributed by atoms with Crippen molar-refractivity contribution < 1.29 is 4.79 Å². The molecule has 0 unspecified atom stereocenters. The molecule has 2 heterocycles. The Morgan fingerprint density at radius 1 is 1.20 bits per heavy atom. The Hall–Kier alpha value is -1.90. The van der Waals surface area contributed by atoms with Crippen LogP contribution in [0.4, 0.5) is 5.13 Å². The summed E-state index contributed by atoms with van der Waals surface area (Å²) in [7, 11) is 0. The van der Waals surface area contributed by atoms with E-state index in [2.05, 4.69) is 37.7 Å². The quantitative estimate of drug-likeness (QED) is 0.276. The number of hydrogen-bond acceptors (Lipinski definition) is 7. The highest BCUT2D eigenvalue weighted by Crippen LogP contribution is 2.32. The Kier molecular flexibility index (Phi) is 6.06. The lowest BCUT2D eigenvalue weighted by Gasteiger charge is -2.02. The fourth-order valence-corrected chi connectivity index (χ4v) is 3.98. The summed E-state index contributed by atoms with van der Waals surface area (Å²) in [5.74, 6) is 0.717. The number of thioether (sulfide) groups is 1. The van der Waals surface area contributed by atoms with Gasteiger partial charge in [0.15, 0.2) is 21.1 Å². The predicted octanol–water partition coefficient (Wildman–Crippen LogP) is 3.58. The van der Waals surface area contributed by atoms with Gasteiger partial charge in [-0.05, 0) is 5.56 Å². The molecular formula is C16H16ClN5OS2. The van der Waals surface area contributed by atoms with Crippen LogP contribution in [0.2, 0.25) is 5.15 Å². The maximum absolute atomic E-state index is 10.9. The van der Waals surface area contributed by atoms with Crippen molar-refractivity contribution in [3.63, 3.8) is 0 Å². The molecule has 1 aromatic carbocycles. The van der Waals surface area contributed by atoms with Gasteiger partial charge in [0.1, 0.15) is 4.70 Å². The molecule has 0 saturated carbocycles. The van der Waals surface area contributed by atoms with Gasteiger partial charge in [-0.1, -0.05) is 65.0 Å². The fraction of sp³-hybridized carbons (Fsp3) is 0.250. The number of nitrogens with one attached hydrogen (secondary N) is 2. The molecule has 6 nitrogen and oxygen atoms in total. The van der Waals surface area contributed by atoms with E-state index in [1.165, 1.54) is 35.6 Å². The first kappa shape index (κ1) is 17.9. The fourth-order valence-electron chi connectivity index (χ4n) is 2.04. The zero-order chi connectivity index (χ0) is 17.6. The Labute approximate surface area is 158 Å². The van der Waals surface area contributed by atoms with Crippen LogP contribution in [0.15, 0.2) is 35.5 Å². The van der Waals surface area contributed by atoms with Crippen LogP contribution < -0.4 is 10.6 Å². The SMILES string of the molecule is CC(=O)NCCNc1nc2nc(SCc3ccccc3)nc(Cl)c2s1. The summed E-state index contributed by atoms with van der Waals surface area (Å²) >= 11 is 9.21. The normalized spacial score (nSPS) is 10.8. The topological polar surface area (TPSA) is 79.8 Å². The first-order valence-electron chi connectivity index (χ1n) is 7.61. The number of benzene rings is 1. The van der Waals surface area contributed by atoms with Gasteiger partial charge in [-0.25, -0.2) is 9.97 Å². The van der Waals surface area contributed by atoms with E-state index in [9.17, 15) is 4.79 Å². The number of carbonyl (C=O) groups is 1. The standard InChI is InChI=1S/C16H16ClN5OS2/c1-10(23)18-7-8-19-15-21-14-12(25-15)13(17)20-16(22-14)24-9-11-5-3-2-4-6-11/h2-6H,7-9H2,1H3,(H,18,23)(H,19,20,21,22). The second-order valence-corrected chi connectivity index (χ2v) is 7.45. The summed E-state index contributed by atoms with van der Waals surface area (Å²) in [6, 6.07) is 10.1. The maximum atomic E-state index is 10.9. The molecule has 1 amide bonds. The minimum atomic E-state index is -0.0555. The van der Waals surface area contributed by atoms with Gasteiger partial charge in [0.25, 0.3) is 0 Å². The summed E-state index contributed by atoms with van der Waals surface area (Å²) in [5, 5.41) is 7.60. The van der Waals surface area contributed by atoms with Crippen molar-refractivity contribution in [1.82, 2.24) is 20.3 Å². The molecule has 0 atom stereocenters. The van der Waals surface area contributed by atoms with Crippen LogP contribution in [0, 0.1) is 0 Å². The molecule has 0 bridgehead atoms. The molecule has 0 radical (unpaired) electrons. The average molecular weight is 394 g/mol. The highest BCUT2D eigenvalue weighted by Gasteiger charge is 2.12. The van der Waals surface area contributed by atoms with Crippen molar-refractivity contribution in [2.75, 3.05) is 18.4 Å². The van der Waals surface area contributed by atoms with Crippen molar-refractivity contribution in [1.29, 1.82) is 0 Å². The lowest BCUT2D eigenvalue weighted by molar-refractivity contribution is -0.118. The van der Waals surface area contributed by atoms with Crippen LogP contribution in [0.5, 0.6) is 0 Å². The number of fused-ring (bicyclic) bond motifs is 1. The Morgan fingerprint density at radius 3 is 2.76 bits per heavy atom. The molecule has 25 heavy (non-hydrogen) atoms. The van der Waals surface area contributed by atoms with Crippen LogP contribution in [0.25, 0.3) is 10.3 Å². The van der Waals surface area contributed by atoms with Crippen molar-refractivity contribution in [3.8, 4) is 0 Å². The maximum Gasteiger partial charge on any atom is 0.216 e. The number of aromatic nitrogens is 3. The van der Waals surface area contributed by atoms with E-state index in [0.29, 0.717) is 34.2 Å². The largest absolute Gasteiger partial charge is 0.360 e. The second-order valence-electron chi connectivity index (χ2n) is 5.15. The van der Waals surface area contributed by atoms with Crippen molar-refractivity contribution in [2.24, 2.45) is 0 Å². The summed E-state index contributed by atoms with van der Waals surface area (Å²) in [4.78, 5) is 24.1. The molecule has 0 aliphatic rings. The number of amides is 1. The van der Waals surface area contributed by atoms with Gasteiger partial charge < -0.3 is 10.6 Å². The van der Waals surface area contributed by atoms with Gasteiger partial charge in [0, 0.05) is 25.8 Å². The summed E-state index contributed by atoms with van der Waals surface area (Å²) in [5.41, 5.74) is 1.79. The number of nitrogens with zero attached hydrogens (tertiary/aromatic N) is 3. The van der Waals surface area contributed by atoms with Crippen molar-refractivity contribution in [3.05, 3.63) is 41.0 Å². The number of rotatable bonds is 7.